The highest BCUT2D eigenvalue weighted by Gasteiger charge is 2.43. The van der Waals surface area contributed by atoms with Gasteiger partial charge in [0.15, 0.2) is 0 Å². The summed E-state index contributed by atoms with van der Waals surface area (Å²) in [7, 11) is 1.64. The van der Waals surface area contributed by atoms with Crippen molar-refractivity contribution >= 4 is 17.7 Å². The lowest BCUT2D eigenvalue weighted by Gasteiger charge is -2.32. The molecule has 2 unspecified atom stereocenters. The molecule has 1 aliphatic heterocycles. The molecule has 0 fully saturated rings. The van der Waals surface area contributed by atoms with Crippen molar-refractivity contribution in [1.82, 2.24) is 0 Å². The second-order valence-corrected chi connectivity index (χ2v) is 7.42. The molecule has 1 aliphatic rings. The Morgan fingerprint density at radius 2 is 1.74 bits per heavy atom. The summed E-state index contributed by atoms with van der Waals surface area (Å²) >= 11 is 0. The van der Waals surface area contributed by atoms with Gasteiger partial charge in [-0.25, -0.2) is 4.79 Å². The van der Waals surface area contributed by atoms with Gasteiger partial charge in [0.2, 0.25) is 0 Å². The molecule has 0 amide bonds. The standard InChI is InChI=1S/C24H33NO6/c1-7-29-23(26)20-16(4)25-17(5)21(24(27)30-8-2)22(20)18-11-10-15(3)14-19(18)31-13-9-12-28-6/h10-11,14,20,22H,7-9,12-13H2,1-6H3. The van der Waals surface area contributed by atoms with E-state index in [0.29, 0.717) is 35.9 Å². The van der Waals surface area contributed by atoms with Crippen molar-refractivity contribution in [3.63, 3.8) is 0 Å². The van der Waals surface area contributed by atoms with E-state index in [9.17, 15) is 9.59 Å². The quantitative estimate of drug-likeness (QED) is 0.412. The number of methoxy groups -OCH3 is 1. The van der Waals surface area contributed by atoms with Gasteiger partial charge in [-0.15, -0.1) is 0 Å². The van der Waals surface area contributed by atoms with Crippen molar-refractivity contribution in [2.75, 3.05) is 33.5 Å². The van der Waals surface area contributed by atoms with Gasteiger partial charge in [-0.2, -0.15) is 0 Å². The number of aryl methyl sites for hydroxylation is 1. The van der Waals surface area contributed by atoms with E-state index >= 15 is 0 Å². The van der Waals surface area contributed by atoms with Gasteiger partial charge in [0, 0.05) is 43.0 Å². The number of benzene rings is 1. The fourth-order valence-electron chi connectivity index (χ4n) is 3.79. The second-order valence-electron chi connectivity index (χ2n) is 7.42. The predicted octanol–water partition coefficient (Wildman–Crippen LogP) is 3.98. The first-order valence-corrected chi connectivity index (χ1v) is 10.7. The smallest absolute Gasteiger partial charge is 0.336 e. The molecule has 0 aliphatic carbocycles. The summed E-state index contributed by atoms with van der Waals surface area (Å²) in [4.78, 5) is 30.4. The van der Waals surface area contributed by atoms with E-state index in [1.165, 1.54) is 0 Å². The summed E-state index contributed by atoms with van der Waals surface area (Å²) < 4.78 is 21.9. The minimum atomic E-state index is -0.743. The van der Waals surface area contributed by atoms with Crippen LogP contribution in [-0.4, -0.2) is 51.2 Å². The molecule has 2 atom stereocenters. The van der Waals surface area contributed by atoms with Crippen LogP contribution in [0.3, 0.4) is 0 Å². The molecular weight excluding hydrogens is 398 g/mol. The number of ether oxygens (including phenoxy) is 4. The van der Waals surface area contributed by atoms with Crippen molar-refractivity contribution in [2.24, 2.45) is 10.9 Å². The number of allylic oxidation sites excluding steroid dienone is 1. The summed E-state index contributed by atoms with van der Waals surface area (Å²) in [5.41, 5.74) is 3.24. The highest BCUT2D eigenvalue weighted by molar-refractivity contribution is 6.07. The first-order chi connectivity index (χ1) is 14.8. The van der Waals surface area contributed by atoms with Crippen LogP contribution in [0.4, 0.5) is 0 Å². The molecule has 0 radical (unpaired) electrons. The first kappa shape index (κ1) is 24.6. The van der Waals surface area contributed by atoms with Crippen LogP contribution in [-0.2, 0) is 23.8 Å². The third-order valence-electron chi connectivity index (χ3n) is 5.12. The minimum absolute atomic E-state index is 0.226. The molecule has 0 bridgehead atoms. The molecule has 2 rings (SSSR count). The Morgan fingerprint density at radius 3 is 2.39 bits per heavy atom. The second kappa shape index (κ2) is 11.6. The zero-order valence-electron chi connectivity index (χ0n) is 19.3. The molecule has 1 aromatic carbocycles. The predicted molar refractivity (Wildman–Crippen MR) is 118 cm³/mol. The van der Waals surface area contributed by atoms with Gasteiger partial charge in [-0.05, 0) is 46.2 Å². The number of carbonyl (C=O) groups is 2. The summed E-state index contributed by atoms with van der Waals surface area (Å²) in [5, 5.41) is 0. The normalized spacial score (nSPS) is 18.5. The lowest BCUT2D eigenvalue weighted by Crippen LogP contribution is -2.36. The highest BCUT2D eigenvalue weighted by atomic mass is 16.5. The van der Waals surface area contributed by atoms with Gasteiger partial charge in [-0.3, -0.25) is 9.79 Å². The third-order valence-corrected chi connectivity index (χ3v) is 5.12. The van der Waals surface area contributed by atoms with Gasteiger partial charge in [0.1, 0.15) is 11.7 Å². The van der Waals surface area contributed by atoms with E-state index in [4.69, 9.17) is 18.9 Å². The van der Waals surface area contributed by atoms with E-state index in [0.717, 1.165) is 17.5 Å². The Balaban J connectivity index is 2.61. The van der Waals surface area contributed by atoms with Crippen LogP contribution >= 0.6 is 0 Å². The average molecular weight is 432 g/mol. The lowest BCUT2D eigenvalue weighted by molar-refractivity contribution is -0.146. The van der Waals surface area contributed by atoms with E-state index in [1.807, 2.05) is 25.1 Å². The van der Waals surface area contributed by atoms with Gasteiger partial charge in [0.05, 0.1) is 25.4 Å². The molecule has 170 valence electrons. The average Bonchev–Trinajstić information content (AvgIpc) is 2.71. The highest BCUT2D eigenvalue weighted by Crippen LogP contribution is 2.43. The minimum Gasteiger partial charge on any atom is -0.493 e. The van der Waals surface area contributed by atoms with Crippen LogP contribution in [0.15, 0.2) is 34.5 Å². The molecular formula is C24H33NO6. The number of rotatable bonds is 10. The van der Waals surface area contributed by atoms with Crippen molar-refractivity contribution < 1.29 is 28.5 Å². The van der Waals surface area contributed by atoms with E-state index < -0.39 is 23.8 Å². The Morgan fingerprint density at radius 1 is 1.03 bits per heavy atom. The van der Waals surface area contributed by atoms with Crippen molar-refractivity contribution in [3.05, 3.63) is 40.6 Å². The van der Waals surface area contributed by atoms with Gasteiger partial charge >= 0.3 is 11.9 Å². The molecule has 0 aromatic heterocycles. The number of nitrogens with zero attached hydrogens (tertiary/aromatic N) is 1. The van der Waals surface area contributed by atoms with Crippen LogP contribution in [0.2, 0.25) is 0 Å². The Bertz CT molecular complexity index is 858. The SMILES string of the molecule is CCOC(=O)C1=C(C)N=C(C)C(C(=O)OCC)C1c1ccc(C)cc1OCCCOC. The number of carbonyl (C=O) groups excluding carboxylic acids is 2. The van der Waals surface area contributed by atoms with Crippen LogP contribution in [0.25, 0.3) is 0 Å². The monoisotopic (exact) mass is 431 g/mol. The third kappa shape index (κ3) is 5.94. The Kier molecular flexibility index (Phi) is 9.24. The largest absolute Gasteiger partial charge is 0.493 e. The molecule has 1 aromatic rings. The summed E-state index contributed by atoms with van der Waals surface area (Å²) in [6.07, 6.45) is 0.718. The van der Waals surface area contributed by atoms with Crippen molar-refractivity contribution in [1.29, 1.82) is 0 Å². The summed E-state index contributed by atoms with van der Waals surface area (Å²) in [6, 6.07) is 5.77. The fraction of sp³-hybridized carbons (Fsp3) is 0.542. The molecule has 0 saturated heterocycles. The Hall–Kier alpha value is -2.67. The maximum absolute atomic E-state index is 13.0. The van der Waals surface area contributed by atoms with Crippen molar-refractivity contribution in [2.45, 2.75) is 47.0 Å². The maximum Gasteiger partial charge on any atom is 0.336 e. The lowest BCUT2D eigenvalue weighted by atomic mass is 9.75. The topological polar surface area (TPSA) is 83.4 Å². The molecule has 7 nitrogen and oxygen atoms in total. The van der Waals surface area contributed by atoms with Gasteiger partial charge in [-0.1, -0.05) is 12.1 Å². The van der Waals surface area contributed by atoms with Crippen LogP contribution in [0.5, 0.6) is 5.75 Å². The van der Waals surface area contributed by atoms with Gasteiger partial charge < -0.3 is 18.9 Å². The number of esters is 2. The van der Waals surface area contributed by atoms with E-state index in [1.54, 1.807) is 34.8 Å². The fourth-order valence-corrected chi connectivity index (χ4v) is 3.79. The number of hydrogen-bond donors (Lipinski definition) is 0. The number of hydrogen-bond acceptors (Lipinski definition) is 7. The van der Waals surface area contributed by atoms with Crippen LogP contribution < -0.4 is 4.74 Å². The summed E-state index contributed by atoms with van der Waals surface area (Å²) in [6.45, 7) is 10.5. The molecule has 7 heteroatoms. The van der Waals surface area contributed by atoms with Crippen molar-refractivity contribution in [3.8, 4) is 5.75 Å². The molecule has 1 heterocycles. The number of aliphatic imine (C=N–C) groups is 1. The van der Waals surface area contributed by atoms with E-state index in [-0.39, 0.29) is 13.2 Å². The Labute approximate surface area is 184 Å². The zero-order valence-corrected chi connectivity index (χ0v) is 19.3. The molecule has 0 spiro atoms. The maximum atomic E-state index is 13.0. The zero-order chi connectivity index (χ0) is 23.0. The summed E-state index contributed by atoms with van der Waals surface area (Å²) in [5.74, 6) is -1.64. The van der Waals surface area contributed by atoms with Crippen LogP contribution in [0, 0.1) is 12.8 Å². The van der Waals surface area contributed by atoms with E-state index in [2.05, 4.69) is 4.99 Å². The van der Waals surface area contributed by atoms with Gasteiger partial charge in [0.25, 0.3) is 0 Å². The molecule has 0 N–H and O–H groups in total. The molecule has 0 saturated carbocycles. The molecule has 31 heavy (non-hydrogen) atoms. The van der Waals surface area contributed by atoms with Crippen LogP contribution in [0.1, 0.15) is 51.2 Å². The first-order valence-electron chi connectivity index (χ1n) is 10.7.